The first-order chi connectivity index (χ1) is 8.01. The molecule has 0 aromatic rings. The van der Waals surface area contributed by atoms with Crippen molar-refractivity contribution in [1.82, 2.24) is 10.6 Å². The topological polar surface area (TPSA) is 70.6 Å². The van der Waals surface area contributed by atoms with Crippen LogP contribution in [0, 0.1) is 0 Å². The number of halogens is 1. The third-order valence-electron chi connectivity index (χ3n) is 2.56. The van der Waals surface area contributed by atoms with Crippen molar-refractivity contribution in [3.05, 3.63) is 12.2 Å². The van der Waals surface area contributed by atoms with Gasteiger partial charge in [0.15, 0.2) is 5.96 Å². The lowest BCUT2D eigenvalue weighted by molar-refractivity contribution is 0.597. The van der Waals surface area contributed by atoms with Gasteiger partial charge in [-0.15, -0.1) is 24.0 Å². The van der Waals surface area contributed by atoms with E-state index >= 15 is 0 Å². The average molecular weight is 387 g/mol. The summed E-state index contributed by atoms with van der Waals surface area (Å²) in [5.41, 5.74) is 0. The Bertz CT molecular complexity index is 385. The van der Waals surface area contributed by atoms with Crippen LogP contribution in [0.4, 0.5) is 0 Å². The molecular weight excluding hydrogens is 365 g/mol. The third kappa shape index (κ3) is 7.91. The maximum Gasteiger partial charge on any atom is 0.191 e. The number of sulfone groups is 1. The second kappa shape index (κ2) is 8.73. The van der Waals surface area contributed by atoms with Crippen LogP contribution in [0.1, 0.15) is 19.3 Å². The number of rotatable bonds is 5. The lowest BCUT2D eigenvalue weighted by Crippen LogP contribution is -2.43. The minimum absolute atomic E-state index is 0. The lowest BCUT2D eigenvalue weighted by Gasteiger charge is -2.16. The Balaban J connectivity index is 0.00000289. The van der Waals surface area contributed by atoms with Gasteiger partial charge >= 0.3 is 0 Å². The van der Waals surface area contributed by atoms with E-state index in [0.717, 1.165) is 18.8 Å². The van der Waals surface area contributed by atoms with Crippen molar-refractivity contribution in [3.8, 4) is 0 Å². The van der Waals surface area contributed by atoms with Crippen molar-refractivity contribution in [3.63, 3.8) is 0 Å². The van der Waals surface area contributed by atoms with Gasteiger partial charge in [0.25, 0.3) is 0 Å². The molecule has 7 heteroatoms. The summed E-state index contributed by atoms with van der Waals surface area (Å²) in [5.74, 6) is 0.953. The molecule has 0 aliphatic heterocycles. The summed E-state index contributed by atoms with van der Waals surface area (Å²) >= 11 is 0. The number of aliphatic imine (C=N–C) groups is 1. The summed E-state index contributed by atoms with van der Waals surface area (Å²) in [7, 11) is -1.14. The van der Waals surface area contributed by atoms with E-state index in [0.29, 0.717) is 19.0 Å². The normalized spacial score (nSPS) is 16.4. The van der Waals surface area contributed by atoms with Gasteiger partial charge in [-0.2, -0.15) is 0 Å². The minimum atomic E-state index is -2.86. The molecule has 0 unspecified atom stereocenters. The first kappa shape index (κ1) is 17.7. The zero-order valence-corrected chi connectivity index (χ0v) is 14.0. The van der Waals surface area contributed by atoms with Crippen LogP contribution in [0.3, 0.4) is 0 Å². The highest BCUT2D eigenvalue weighted by atomic mass is 127. The molecule has 5 nitrogen and oxygen atoms in total. The highest BCUT2D eigenvalue weighted by Gasteiger charge is 2.11. The van der Waals surface area contributed by atoms with Crippen LogP contribution in [0.5, 0.6) is 0 Å². The molecule has 2 N–H and O–H groups in total. The fourth-order valence-corrected chi connectivity index (χ4v) is 2.33. The largest absolute Gasteiger partial charge is 0.356 e. The zero-order chi connectivity index (χ0) is 12.7. The maximum absolute atomic E-state index is 10.9. The summed E-state index contributed by atoms with van der Waals surface area (Å²) in [6.45, 7) is 0.618. The predicted octanol–water partition coefficient (Wildman–Crippen LogP) is 0.923. The second-order valence-corrected chi connectivity index (χ2v) is 6.53. The second-order valence-electron chi connectivity index (χ2n) is 4.27. The van der Waals surface area contributed by atoms with Gasteiger partial charge < -0.3 is 10.6 Å². The Hall–Kier alpha value is -0.310. The fraction of sp³-hybridized carbons (Fsp3) is 0.727. The van der Waals surface area contributed by atoms with Gasteiger partial charge in [0.05, 0.1) is 5.75 Å². The van der Waals surface area contributed by atoms with E-state index in [4.69, 9.17) is 0 Å². The molecule has 0 heterocycles. The van der Waals surface area contributed by atoms with E-state index in [1.54, 1.807) is 7.05 Å². The molecule has 0 aromatic carbocycles. The Morgan fingerprint density at radius 2 is 2.00 bits per heavy atom. The van der Waals surface area contributed by atoms with Gasteiger partial charge in [-0.1, -0.05) is 12.2 Å². The highest BCUT2D eigenvalue weighted by Crippen LogP contribution is 2.08. The van der Waals surface area contributed by atoms with E-state index < -0.39 is 9.84 Å². The molecule has 0 bridgehead atoms. The number of nitrogens with zero attached hydrogens (tertiary/aromatic N) is 1. The number of nitrogens with one attached hydrogen (secondary N) is 2. The standard InChI is InChI=1S/C11H21N3O2S.HI/c1-12-11(14-10-6-3-4-7-10)13-8-5-9-17(2,15)16;/h3-4,10H,5-9H2,1-2H3,(H2,12,13,14);1H. The Kier molecular flexibility index (Phi) is 8.58. The molecule has 0 fully saturated rings. The molecule has 106 valence electrons. The smallest absolute Gasteiger partial charge is 0.191 e. The van der Waals surface area contributed by atoms with E-state index in [1.165, 1.54) is 6.26 Å². The van der Waals surface area contributed by atoms with Crippen LogP contribution in [0.25, 0.3) is 0 Å². The number of hydrogen-bond acceptors (Lipinski definition) is 3. The van der Waals surface area contributed by atoms with Gasteiger partial charge in [-0.3, -0.25) is 4.99 Å². The van der Waals surface area contributed by atoms with Gasteiger partial charge in [0, 0.05) is 25.9 Å². The first-order valence-electron chi connectivity index (χ1n) is 5.81. The Morgan fingerprint density at radius 1 is 1.39 bits per heavy atom. The highest BCUT2D eigenvalue weighted by molar-refractivity contribution is 14.0. The SMILES string of the molecule is CN=C(NCCCS(C)(=O)=O)NC1CC=CC1.I. The van der Waals surface area contributed by atoms with Crippen LogP contribution < -0.4 is 10.6 Å². The quantitative estimate of drug-likeness (QED) is 0.242. The van der Waals surface area contributed by atoms with E-state index in [9.17, 15) is 8.42 Å². The summed E-state index contributed by atoms with van der Waals surface area (Å²) in [6, 6.07) is 0.413. The average Bonchev–Trinajstić information content (AvgIpc) is 2.73. The molecule has 0 radical (unpaired) electrons. The van der Waals surface area contributed by atoms with Crippen molar-refractivity contribution in [2.75, 3.05) is 25.6 Å². The van der Waals surface area contributed by atoms with Crippen molar-refractivity contribution in [2.24, 2.45) is 4.99 Å². The van der Waals surface area contributed by atoms with E-state index in [1.807, 2.05) is 0 Å². The predicted molar refractivity (Wildman–Crippen MR) is 86.4 cm³/mol. The van der Waals surface area contributed by atoms with Crippen LogP contribution in [0.2, 0.25) is 0 Å². The Labute approximate surface area is 126 Å². The lowest BCUT2D eigenvalue weighted by atomic mass is 10.2. The Morgan fingerprint density at radius 3 is 2.50 bits per heavy atom. The van der Waals surface area contributed by atoms with Gasteiger partial charge in [0.1, 0.15) is 9.84 Å². The van der Waals surface area contributed by atoms with Crippen LogP contribution in [-0.2, 0) is 9.84 Å². The summed E-state index contributed by atoms with van der Waals surface area (Å²) in [6.07, 6.45) is 8.18. The van der Waals surface area contributed by atoms with E-state index in [-0.39, 0.29) is 29.7 Å². The van der Waals surface area contributed by atoms with Crippen molar-refractivity contribution >= 4 is 39.8 Å². The number of guanidine groups is 1. The van der Waals surface area contributed by atoms with Crippen molar-refractivity contribution in [2.45, 2.75) is 25.3 Å². The summed E-state index contributed by atoms with van der Waals surface area (Å²) in [5, 5.41) is 6.41. The molecule has 0 aromatic heterocycles. The molecule has 1 aliphatic rings. The molecular formula is C11H22IN3O2S. The third-order valence-corrected chi connectivity index (χ3v) is 3.59. The first-order valence-corrected chi connectivity index (χ1v) is 7.87. The maximum atomic E-state index is 10.9. The van der Waals surface area contributed by atoms with Gasteiger partial charge in [0.2, 0.25) is 0 Å². The molecule has 1 aliphatic carbocycles. The minimum Gasteiger partial charge on any atom is -0.356 e. The van der Waals surface area contributed by atoms with Crippen LogP contribution in [-0.4, -0.2) is 46.0 Å². The fourth-order valence-electron chi connectivity index (χ4n) is 1.66. The molecule has 0 amide bonds. The van der Waals surface area contributed by atoms with Gasteiger partial charge in [-0.05, 0) is 19.3 Å². The van der Waals surface area contributed by atoms with Crippen LogP contribution in [0.15, 0.2) is 17.1 Å². The van der Waals surface area contributed by atoms with E-state index in [2.05, 4.69) is 27.8 Å². The number of hydrogen-bond donors (Lipinski definition) is 2. The summed E-state index contributed by atoms with van der Waals surface area (Å²) < 4.78 is 21.9. The molecule has 0 saturated carbocycles. The van der Waals surface area contributed by atoms with Crippen LogP contribution >= 0.6 is 24.0 Å². The molecule has 1 rings (SSSR count). The molecule has 0 atom stereocenters. The molecule has 0 saturated heterocycles. The zero-order valence-electron chi connectivity index (χ0n) is 10.8. The van der Waals surface area contributed by atoms with Crippen molar-refractivity contribution in [1.29, 1.82) is 0 Å². The molecule has 18 heavy (non-hydrogen) atoms. The van der Waals surface area contributed by atoms with Crippen molar-refractivity contribution < 1.29 is 8.42 Å². The monoisotopic (exact) mass is 387 g/mol. The molecule has 0 spiro atoms. The van der Waals surface area contributed by atoms with Gasteiger partial charge in [-0.25, -0.2) is 8.42 Å². The summed E-state index contributed by atoms with van der Waals surface area (Å²) in [4.78, 5) is 4.10.